The number of hydrogen-bond acceptors (Lipinski definition) is 5. The van der Waals surface area contributed by atoms with Gasteiger partial charge in [0.15, 0.2) is 0 Å². The van der Waals surface area contributed by atoms with Crippen LogP contribution in [0.25, 0.3) is 0 Å². The minimum atomic E-state index is -0.858. The van der Waals surface area contributed by atoms with Gasteiger partial charge in [0, 0.05) is 12.8 Å². The van der Waals surface area contributed by atoms with E-state index in [1.807, 2.05) is 6.08 Å². The van der Waals surface area contributed by atoms with Crippen LogP contribution in [0, 0.1) is 0 Å². The summed E-state index contributed by atoms with van der Waals surface area (Å²) in [7, 11) is 0. The van der Waals surface area contributed by atoms with Crippen molar-refractivity contribution in [1.29, 1.82) is 0 Å². The van der Waals surface area contributed by atoms with Gasteiger partial charge in [0.25, 0.3) is 0 Å². The summed E-state index contributed by atoms with van der Waals surface area (Å²) in [4.78, 5) is 24.6. The molecule has 0 bridgehead atoms. The van der Waals surface area contributed by atoms with E-state index in [1.165, 1.54) is 244 Å². The molecule has 2 atom stereocenters. The van der Waals surface area contributed by atoms with Crippen LogP contribution in [0.3, 0.4) is 0 Å². The highest BCUT2D eigenvalue weighted by atomic mass is 16.5. The van der Waals surface area contributed by atoms with Crippen LogP contribution in [0.5, 0.6) is 0 Å². The molecule has 65 heavy (non-hydrogen) atoms. The lowest BCUT2D eigenvalue weighted by Gasteiger charge is -2.20. The molecule has 6 nitrogen and oxygen atoms in total. The Morgan fingerprint density at radius 1 is 0.415 bits per heavy atom. The molecular formula is C59H115NO5. The quantitative estimate of drug-likeness (QED) is 0.0321. The fourth-order valence-corrected chi connectivity index (χ4v) is 9.28. The second-order valence-corrected chi connectivity index (χ2v) is 20.3. The van der Waals surface area contributed by atoms with Crippen LogP contribution in [0.1, 0.15) is 328 Å². The summed E-state index contributed by atoms with van der Waals surface area (Å²) in [6.45, 7) is 4.88. The summed E-state index contributed by atoms with van der Waals surface area (Å²) in [5, 5.41) is 23.1. The Morgan fingerprint density at radius 2 is 0.708 bits per heavy atom. The van der Waals surface area contributed by atoms with Crippen LogP contribution in [0.4, 0.5) is 0 Å². The maximum Gasteiger partial charge on any atom is 0.305 e. The molecule has 0 saturated carbocycles. The van der Waals surface area contributed by atoms with Crippen LogP contribution in [-0.2, 0) is 14.3 Å². The van der Waals surface area contributed by atoms with Gasteiger partial charge in [-0.2, -0.15) is 0 Å². The van der Waals surface area contributed by atoms with Gasteiger partial charge in [0.2, 0.25) is 5.91 Å². The van der Waals surface area contributed by atoms with Gasteiger partial charge >= 0.3 is 5.97 Å². The first-order valence-corrected chi connectivity index (χ1v) is 29.5. The van der Waals surface area contributed by atoms with Gasteiger partial charge in [-0.15, -0.1) is 0 Å². The van der Waals surface area contributed by atoms with Crippen LogP contribution in [-0.4, -0.2) is 47.4 Å². The minimum Gasteiger partial charge on any atom is -0.466 e. The van der Waals surface area contributed by atoms with Crippen molar-refractivity contribution < 1.29 is 24.5 Å². The lowest BCUT2D eigenvalue weighted by Crippen LogP contribution is -2.45. The van der Waals surface area contributed by atoms with Crippen molar-refractivity contribution in [2.75, 3.05) is 13.2 Å². The molecule has 0 fully saturated rings. The van der Waals surface area contributed by atoms with E-state index < -0.39 is 12.1 Å². The summed E-state index contributed by atoms with van der Waals surface area (Å²) in [5.74, 6) is -0.102. The molecule has 0 aromatic heterocycles. The monoisotopic (exact) mass is 918 g/mol. The van der Waals surface area contributed by atoms with Crippen molar-refractivity contribution in [3.8, 4) is 0 Å². The molecule has 2 unspecified atom stereocenters. The number of aliphatic hydroxyl groups excluding tert-OH is 2. The van der Waals surface area contributed by atoms with Gasteiger partial charge in [0.05, 0.1) is 25.4 Å². The molecule has 0 aliphatic carbocycles. The average molecular weight is 919 g/mol. The zero-order chi connectivity index (χ0) is 47.2. The van der Waals surface area contributed by atoms with Crippen molar-refractivity contribution in [1.82, 2.24) is 5.32 Å². The maximum atomic E-state index is 12.5. The first kappa shape index (κ1) is 63.6. The van der Waals surface area contributed by atoms with Crippen LogP contribution in [0.2, 0.25) is 0 Å². The largest absolute Gasteiger partial charge is 0.466 e. The smallest absolute Gasteiger partial charge is 0.305 e. The Morgan fingerprint density at radius 3 is 1.05 bits per heavy atom. The van der Waals surface area contributed by atoms with Crippen molar-refractivity contribution in [3.63, 3.8) is 0 Å². The first-order chi connectivity index (χ1) is 32.0. The summed E-state index contributed by atoms with van der Waals surface area (Å²) < 4.78 is 5.48. The average Bonchev–Trinajstić information content (AvgIpc) is 3.31. The third-order valence-corrected chi connectivity index (χ3v) is 13.8. The number of rotatable bonds is 55. The fourth-order valence-electron chi connectivity index (χ4n) is 9.28. The Kier molecular flexibility index (Phi) is 54.0. The highest BCUT2D eigenvalue weighted by Gasteiger charge is 2.18. The van der Waals surface area contributed by atoms with Crippen molar-refractivity contribution in [2.24, 2.45) is 0 Å². The number of nitrogens with one attached hydrogen (secondary N) is 1. The van der Waals surface area contributed by atoms with Gasteiger partial charge in [-0.3, -0.25) is 9.59 Å². The molecule has 0 aliphatic rings. The van der Waals surface area contributed by atoms with Gasteiger partial charge in [0.1, 0.15) is 0 Å². The van der Waals surface area contributed by atoms with E-state index in [1.54, 1.807) is 6.08 Å². The zero-order valence-corrected chi connectivity index (χ0v) is 44.0. The number of allylic oxidation sites excluding steroid dienone is 1. The number of ether oxygens (including phenoxy) is 1. The number of aliphatic hydroxyl groups is 2. The van der Waals surface area contributed by atoms with Crippen LogP contribution in [0.15, 0.2) is 12.2 Å². The number of esters is 1. The Bertz CT molecular complexity index is 970. The molecule has 0 saturated heterocycles. The Balaban J connectivity index is 3.47. The van der Waals surface area contributed by atoms with E-state index in [9.17, 15) is 19.8 Å². The van der Waals surface area contributed by atoms with Crippen molar-refractivity contribution >= 4 is 11.9 Å². The normalized spacial score (nSPS) is 12.6. The fraction of sp³-hybridized carbons (Fsp3) is 0.932. The SMILES string of the molecule is CCCCCCCCCCCCCCCCCCC/C=C/C(O)C(CO)NC(=O)CCCCCCCCCCCCOC(=O)CCCCCCCCCCCCCCCCCCCCC. The molecule has 0 aromatic rings. The number of hydrogen-bond donors (Lipinski definition) is 3. The molecular weight excluding hydrogens is 803 g/mol. The Labute approximate surface area is 406 Å². The topological polar surface area (TPSA) is 95.9 Å². The van der Waals surface area contributed by atoms with E-state index in [2.05, 4.69) is 19.2 Å². The molecule has 1 amide bonds. The molecule has 0 spiro atoms. The standard InChI is InChI=1S/C59H115NO5/c1-3-5-7-9-11-13-15-17-19-21-23-25-27-29-31-35-39-43-47-51-57(62)56(55-61)60-58(63)52-48-44-40-36-33-34-38-42-46-50-54-65-59(64)53-49-45-41-37-32-30-28-26-24-22-20-18-16-14-12-10-8-6-4-2/h47,51,56-57,61-62H,3-46,48-50,52-55H2,1-2H3,(H,60,63)/b51-47+. The zero-order valence-electron chi connectivity index (χ0n) is 44.0. The van der Waals surface area contributed by atoms with E-state index in [0.717, 1.165) is 57.8 Å². The Hall–Kier alpha value is -1.40. The predicted octanol–water partition coefficient (Wildman–Crippen LogP) is 18.1. The minimum absolute atomic E-state index is 0.0152. The lowest BCUT2D eigenvalue weighted by molar-refractivity contribution is -0.143. The van der Waals surface area contributed by atoms with Crippen LogP contribution < -0.4 is 5.32 Å². The molecule has 3 N–H and O–H groups in total. The number of amides is 1. The summed E-state index contributed by atoms with van der Waals surface area (Å²) in [5.41, 5.74) is 0. The van der Waals surface area contributed by atoms with E-state index >= 15 is 0 Å². The highest BCUT2D eigenvalue weighted by Crippen LogP contribution is 2.17. The predicted molar refractivity (Wildman–Crippen MR) is 283 cm³/mol. The molecule has 386 valence electrons. The summed E-state index contributed by atoms with van der Waals surface area (Å²) in [6.07, 6.45) is 65.2. The van der Waals surface area contributed by atoms with E-state index in [-0.39, 0.29) is 18.5 Å². The van der Waals surface area contributed by atoms with E-state index in [4.69, 9.17) is 4.74 Å². The number of carbonyl (C=O) groups is 2. The van der Waals surface area contributed by atoms with Gasteiger partial charge in [-0.25, -0.2) is 0 Å². The lowest BCUT2D eigenvalue weighted by atomic mass is 10.0. The third-order valence-electron chi connectivity index (χ3n) is 13.8. The summed E-state index contributed by atoms with van der Waals surface area (Å²) >= 11 is 0. The van der Waals surface area contributed by atoms with Crippen molar-refractivity contribution in [2.45, 2.75) is 341 Å². The molecule has 6 heteroatoms. The number of unbranched alkanes of at least 4 members (excludes halogenated alkanes) is 44. The molecule has 0 rings (SSSR count). The highest BCUT2D eigenvalue weighted by molar-refractivity contribution is 5.76. The van der Waals surface area contributed by atoms with Gasteiger partial charge < -0.3 is 20.3 Å². The number of carbonyl (C=O) groups excluding carboxylic acids is 2. The maximum absolute atomic E-state index is 12.5. The molecule has 0 heterocycles. The van der Waals surface area contributed by atoms with E-state index in [0.29, 0.717) is 19.4 Å². The first-order valence-electron chi connectivity index (χ1n) is 29.5. The second-order valence-electron chi connectivity index (χ2n) is 20.3. The van der Waals surface area contributed by atoms with Crippen LogP contribution >= 0.6 is 0 Å². The third kappa shape index (κ3) is 51.8. The van der Waals surface area contributed by atoms with Crippen molar-refractivity contribution in [3.05, 3.63) is 12.2 Å². The molecule has 0 aliphatic heterocycles. The second kappa shape index (κ2) is 55.2. The molecule has 0 aromatic carbocycles. The summed E-state index contributed by atoms with van der Waals surface area (Å²) in [6, 6.07) is -0.644. The van der Waals surface area contributed by atoms with Gasteiger partial charge in [-0.1, -0.05) is 296 Å². The molecule has 0 radical (unpaired) electrons. The van der Waals surface area contributed by atoms with Gasteiger partial charge in [-0.05, 0) is 32.1 Å².